The molecule has 0 fully saturated rings. The molecule has 0 spiro atoms. The summed E-state index contributed by atoms with van der Waals surface area (Å²) in [6, 6.07) is 7.37. The molecule has 2 aromatic rings. The van der Waals surface area contributed by atoms with Gasteiger partial charge in [0.25, 0.3) is 0 Å². The van der Waals surface area contributed by atoms with Crippen molar-refractivity contribution in [1.82, 2.24) is 5.32 Å². The molecule has 0 amide bonds. The molecule has 0 saturated heterocycles. The van der Waals surface area contributed by atoms with Crippen molar-refractivity contribution in [3.63, 3.8) is 0 Å². The molecule has 0 aliphatic rings. The van der Waals surface area contributed by atoms with Crippen LogP contribution in [-0.2, 0) is 9.47 Å². The Morgan fingerprint density at radius 2 is 2.08 bits per heavy atom. The van der Waals surface area contributed by atoms with Gasteiger partial charge in [0, 0.05) is 35.2 Å². The summed E-state index contributed by atoms with van der Waals surface area (Å²) in [6.07, 6.45) is 0. The zero-order valence-corrected chi connectivity index (χ0v) is 16.3. The Kier molecular flexibility index (Phi) is 7.64. The van der Waals surface area contributed by atoms with E-state index in [1.807, 2.05) is 23.6 Å². The average Bonchev–Trinajstić information content (AvgIpc) is 2.99. The van der Waals surface area contributed by atoms with E-state index in [2.05, 4.69) is 10.6 Å². The second kappa shape index (κ2) is 9.72. The summed E-state index contributed by atoms with van der Waals surface area (Å²) in [5, 5.41) is 9.53. The van der Waals surface area contributed by atoms with E-state index in [4.69, 9.17) is 33.3 Å². The van der Waals surface area contributed by atoms with E-state index < -0.39 is 5.97 Å². The van der Waals surface area contributed by atoms with Gasteiger partial charge in [-0.25, -0.2) is 4.79 Å². The topological polar surface area (TPSA) is 59.6 Å². The minimum absolute atomic E-state index is 0.284. The lowest BCUT2D eigenvalue weighted by molar-refractivity contribution is 0.0529. The fourth-order valence-electron chi connectivity index (χ4n) is 2.15. The molecule has 0 aliphatic carbocycles. The van der Waals surface area contributed by atoms with Crippen molar-refractivity contribution >= 4 is 51.2 Å². The number of anilines is 1. The minimum atomic E-state index is -0.416. The fraction of sp³-hybridized carbons (Fsp3) is 0.294. The smallest absolute Gasteiger partial charge is 0.341 e. The predicted octanol–water partition coefficient (Wildman–Crippen LogP) is 4.18. The Labute approximate surface area is 161 Å². The number of carbonyl (C=O) groups is 1. The molecular weight excluding hydrogens is 380 g/mol. The molecule has 1 aromatic carbocycles. The van der Waals surface area contributed by atoms with Crippen LogP contribution in [0.15, 0.2) is 29.6 Å². The summed E-state index contributed by atoms with van der Waals surface area (Å²) in [7, 11) is 1.62. The maximum atomic E-state index is 12.5. The maximum Gasteiger partial charge on any atom is 0.341 e. The van der Waals surface area contributed by atoms with Gasteiger partial charge in [0.05, 0.1) is 13.2 Å². The van der Waals surface area contributed by atoms with E-state index in [9.17, 15) is 4.79 Å². The van der Waals surface area contributed by atoms with Crippen LogP contribution in [0, 0.1) is 0 Å². The van der Waals surface area contributed by atoms with Crippen LogP contribution in [0.1, 0.15) is 17.3 Å². The van der Waals surface area contributed by atoms with Crippen molar-refractivity contribution in [2.45, 2.75) is 6.92 Å². The third-order valence-corrected chi connectivity index (χ3v) is 4.72. The van der Waals surface area contributed by atoms with Crippen molar-refractivity contribution < 1.29 is 14.3 Å². The van der Waals surface area contributed by atoms with Crippen LogP contribution >= 0.6 is 35.2 Å². The number of halogens is 1. The predicted molar refractivity (Wildman–Crippen MR) is 107 cm³/mol. The number of benzene rings is 1. The highest BCUT2D eigenvalue weighted by atomic mass is 35.5. The normalized spacial score (nSPS) is 10.4. The van der Waals surface area contributed by atoms with Gasteiger partial charge in [0.2, 0.25) is 0 Å². The number of methoxy groups -OCH3 is 1. The van der Waals surface area contributed by atoms with Gasteiger partial charge >= 0.3 is 5.97 Å². The van der Waals surface area contributed by atoms with Gasteiger partial charge in [-0.15, -0.1) is 11.3 Å². The van der Waals surface area contributed by atoms with E-state index in [1.165, 1.54) is 11.3 Å². The van der Waals surface area contributed by atoms with Crippen LogP contribution in [0.5, 0.6) is 0 Å². The highest BCUT2D eigenvalue weighted by Crippen LogP contribution is 2.39. The highest BCUT2D eigenvalue weighted by molar-refractivity contribution is 7.80. The third-order valence-electron chi connectivity index (χ3n) is 3.25. The first-order chi connectivity index (χ1) is 12.1. The van der Waals surface area contributed by atoms with E-state index in [1.54, 1.807) is 20.1 Å². The summed E-state index contributed by atoms with van der Waals surface area (Å²) in [4.78, 5) is 12.5. The zero-order valence-electron chi connectivity index (χ0n) is 13.9. The van der Waals surface area contributed by atoms with Gasteiger partial charge in [0.15, 0.2) is 5.11 Å². The molecule has 2 N–H and O–H groups in total. The second-order valence-electron chi connectivity index (χ2n) is 4.93. The molecule has 0 radical (unpaired) electrons. The number of thiophene rings is 1. The van der Waals surface area contributed by atoms with Gasteiger partial charge in [-0.05, 0) is 25.2 Å². The number of ether oxygens (including phenoxy) is 2. The molecule has 134 valence electrons. The molecule has 1 heterocycles. The Bertz CT molecular complexity index is 749. The first-order valence-electron chi connectivity index (χ1n) is 7.65. The second-order valence-corrected chi connectivity index (χ2v) is 6.62. The quantitative estimate of drug-likeness (QED) is 0.414. The maximum absolute atomic E-state index is 12.5. The number of hydrogen-bond acceptors (Lipinski definition) is 5. The van der Waals surface area contributed by atoms with Crippen molar-refractivity contribution in [3.8, 4) is 11.1 Å². The SMILES string of the molecule is CCOC(=O)c1c(-c2ccccc2Cl)csc1NC(=S)NCCOC. The van der Waals surface area contributed by atoms with Crippen LogP contribution in [0.2, 0.25) is 5.02 Å². The number of thiocarbonyl (C=S) groups is 1. The van der Waals surface area contributed by atoms with E-state index in [-0.39, 0.29) is 6.61 Å². The largest absolute Gasteiger partial charge is 0.462 e. The molecular formula is C17H19ClN2O3S2. The highest BCUT2D eigenvalue weighted by Gasteiger charge is 2.23. The van der Waals surface area contributed by atoms with E-state index in [0.717, 1.165) is 11.1 Å². The summed E-state index contributed by atoms with van der Waals surface area (Å²) in [6.45, 7) is 3.15. The van der Waals surface area contributed by atoms with Crippen LogP contribution in [-0.4, -0.2) is 38.0 Å². The van der Waals surface area contributed by atoms with Gasteiger partial charge < -0.3 is 20.1 Å². The Morgan fingerprint density at radius 1 is 1.32 bits per heavy atom. The van der Waals surface area contributed by atoms with Gasteiger partial charge in [-0.2, -0.15) is 0 Å². The molecule has 0 bridgehead atoms. The van der Waals surface area contributed by atoms with E-state index in [0.29, 0.717) is 33.9 Å². The van der Waals surface area contributed by atoms with Gasteiger partial charge in [-0.1, -0.05) is 29.8 Å². The first-order valence-corrected chi connectivity index (χ1v) is 9.32. The van der Waals surface area contributed by atoms with Crippen LogP contribution < -0.4 is 10.6 Å². The van der Waals surface area contributed by atoms with Crippen molar-refractivity contribution in [2.75, 3.05) is 32.2 Å². The molecule has 0 aliphatic heterocycles. The molecule has 5 nitrogen and oxygen atoms in total. The summed E-state index contributed by atoms with van der Waals surface area (Å²) >= 11 is 12.9. The number of rotatable bonds is 7. The summed E-state index contributed by atoms with van der Waals surface area (Å²) in [5.41, 5.74) is 1.92. The lowest BCUT2D eigenvalue weighted by Gasteiger charge is -2.12. The Morgan fingerprint density at radius 3 is 2.76 bits per heavy atom. The number of nitrogens with one attached hydrogen (secondary N) is 2. The minimum Gasteiger partial charge on any atom is -0.462 e. The Balaban J connectivity index is 2.33. The zero-order chi connectivity index (χ0) is 18.2. The monoisotopic (exact) mass is 398 g/mol. The lowest BCUT2D eigenvalue weighted by Crippen LogP contribution is -2.31. The number of carbonyl (C=O) groups excluding carboxylic acids is 1. The molecule has 25 heavy (non-hydrogen) atoms. The van der Waals surface area contributed by atoms with Crippen molar-refractivity contribution in [1.29, 1.82) is 0 Å². The molecule has 1 aromatic heterocycles. The summed E-state index contributed by atoms with van der Waals surface area (Å²) in [5.74, 6) is -0.416. The number of hydrogen-bond donors (Lipinski definition) is 2. The molecule has 0 unspecified atom stereocenters. The average molecular weight is 399 g/mol. The first kappa shape index (κ1) is 19.7. The molecule has 8 heteroatoms. The van der Waals surface area contributed by atoms with Gasteiger partial charge in [0.1, 0.15) is 10.6 Å². The standard InChI is InChI=1S/C17H19ClN2O3S2/c1-3-23-16(21)14-12(11-6-4-5-7-13(11)18)10-25-15(14)20-17(24)19-8-9-22-2/h4-7,10H,3,8-9H2,1-2H3,(H2,19,20,24). The Hall–Kier alpha value is -1.67. The molecule has 2 rings (SSSR count). The molecule has 0 atom stereocenters. The third kappa shape index (κ3) is 5.15. The lowest BCUT2D eigenvalue weighted by atomic mass is 10.0. The fourth-order valence-corrected chi connectivity index (χ4v) is 3.61. The van der Waals surface area contributed by atoms with Crippen molar-refractivity contribution in [2.24, 2.45) is 0 Å². The summed E-state index contributed by atoms with van der Waals surface area (Å²) < 4.78 is 10.2. The van der Waals surface area contributed by atoms with Crippen LogP contribution in [0.25, 0.3) is 11.1 Å². The van der Waals surface area contributed by atoms with Gasteiger partial charge in [-0.3, -0.25) is 0 Å². The van der Waals surface area contributed by atoms with E-state index >= 15 is 0 Å². The van der Waals surface area contributed by atoms with Crippen molar-refractivity contribution in [3.05, 3.63) is 40.2 Å². The van der Waals surface area contributed by atoms with Crippen LogP contribution in [0.4, 0.5) is 5.00 Å². The number of esters is 1. The molecule has 0 saturated carbocycles. The van der Waals surface area contributed by atoms with Crippen LogP contribution in [0.3, 0.4) is 0 Å².